The van der Waals surface area contributed by atoms with E-state index < -0.39 is 0 Å². The molecule has 0 aliphatic carbocycles. The van der Waals surface area contributed by atoms with Crippen molar-refractivity contribution in [2.75, 3.05) is 18.4 Å². The molecule has 7 heteroatoms. The molecule has 0 bridgehead atoms. The third-order valence-electron chi connectivity index (χ3n) is 3.67. The van der Waals surface area contributed by atoms with Crippen LogP contribution in [0.3, 0.4) is 0 Å². The van der Waals surface area contributed by atoms with Gasteiger partial charge in [0.25, 0.3) is 5.91 Å². The molecule has 2 aromatic rings. The Labute approximate surface area is 158 Å². The van der Waals surface area contributed by atoms with Gasteiger partial charge in [-0.2, -0.15) is 0 Å². The Morgan fingerprint density at radius 1 is 1.12 bits per heavy atom. The summed E-state index contributed by atoms with van der Waals surface area (Å²) in [6.07, 6.45) is 7.10. The summed E-state index contributed by atoms with van der Waals surface area (Å²) < 4.78 is 0. The number of amides is 1. The summed E-state index contributed by atoms with van der Waals surface area (Å²) in [5, 5.41) is 7.18. The number of rotatable bonds is 9. The molecule has 1 aromatic heterocycles. The second-order valence-corrected chi connectivity index (χ2v) is 6.51. The Bertz CT molecular complexity index is 692. The van der Waals surface area contributed by atoms with Gasteiger partial charge in [-0.05, 0) is 30.5 Å². The molecule has 0 aliphatic heterocycles. The van der Waals surface area contributed by atoms with E-state index in [0.29, 0.717) is 34.5 Å². The third kappa shape index (κ3) is 6.52. The Balaban J connectivity index is 1.78. The minimum atomic E-state index is -0.206. The molecule has 0 radical (unpaired) electrons. The van der Waals surface area contributed by atoms with Gasteiger partial charge in [-0.15, -0.1) is 0 Å². The van der Waals surface area contributed by atoms with E-state index in [1.807, 2.05) is 6.07 Å². The normalized spacial score (nSPS) is 10.5. The average molecular weight is 381 g/mol. The molecule has 5 nitrogen and oxygen atoms in total. The Kier molecular flexibility index (Phi) is 7.95. The van der Waals surface area contributed by atoms with Crippen molar-refractivity contribution in [3.05, 3.63) is 51.8 Å². The van der Waals surface area contributed by atoms with Crippen LogP contribution in [-0.2, 0) is 6.42 Å². The van der Waals surface area contributed by atoms with Crippen LogP contribution < -0.4 is 10.6 Å². The van der Waals surface area contributed by atoms with Crippen LogP contribution >= 0.6 is 23.2 Å². The number of carbonyl (C=O) groups is 1. The molecule has 1 aromatic carbocycles. The zero-order valence-electron chi connectivity index (χ0n) is 14.2. The first-order valence-corrected chi connectivity index (χ1v) is 9.13. The Hall–Kier alpha value is -1.85. The third-order valence-corrected chi connectivity index (χ3v) is 4.26. The number of hydrogen-bond donors (Lipinski definition) is 2. The van der Waals surface area contributed by atoms with Gasteiger partial charge in [0.15, 0.2) is 0 Å². The van der Waals surface area contributed by atoms with E-state index in [0.717, 1.165) is 18.5 Å². The maximum absolute atomic E-state index is 12.1. The molecule has 0 atom stereocenters. The molecular weight excluding hydrogens is 359 g/mol. The van der Waals surface area contributed by atoms with E-state index >= 15 is 0 Å². The van der Waals surface area contributed by atoms with Gasteiger partial charge in [0.2, 0.25) is 5.95 Å². The maximum Gasteiger partial charge on any atom is 0.254 e. The lowest BCUT2D eigenvalue weighted by molar-refractivity contribution is 0.0953. The van der Waals surface area contributed by atoms with Gasteiger partial charge in [0.05, 0.1) is 5.56 Å². The number of unbranched alkanes of at least 4 members (excludes halogenated alkanes) is 2. The molecule has 2 N–H and O–H groups in total. The highest BCUT2D eigenvalue weighted by Crippen LogP contribution is 2.21. The highest BCUT2D eigenvalue weighted by molar-refractivity contribution is 6.35. The van der Waals surface area contributed by atoms with Gasteiger partial charge in [-0.3, -0.25) is 4.79 Å². The molecule has 0 saturated heterocycles. The van der Waals surface area contributed by atoms with Crippen molar-refractivity contribution in [2.45, 2.75) is 32.6 Å². The second kappa shape index (κ2) is 10.2. The average Bonchev–Trinajstić information content (AvgIpc) is 2.61. The van der Waals surface area contributed by atoms with Crippen LogP contribution in [0.4, 0.5) is 5.95 Å². The first-order valence-electron chi connectivity index (χ1n) is 8.38. The second-order valence-electron chi connectivity index (χ2n) is 5.67. The van der Waals surface area contributed by atoms with Crippen LogP contribution in [0.25, 0.3) is 0 Å². The number of nitrogens with one attached hydrogen (secondary N) is 2. The minimum absolute atomic E-state index is 0.206. The molecule has 0 fully saturated rings. The Morgan fingerprint density at radius 3 is 2.56 bits per heavy atom. The molecule has 0 unspecified atom stereocenters. The van der Waals surface area contributed by atoms with Crippen LogP contribution in [0.5, 0.6) is 0 Å². The van der Waals surface area contributed by atoms with Crippen molar-refractivity contribution in [1.82, 2.24) is 15.3 Å². The van der Waals surface area contributed by atoms with Crippen molar-refractivity contribution >= 4 is 35.1 Å². The lowest BCUT2D eigenvalue weighted by atomic mass is 10.1. The number of benzene rings is 1. The largest absolute Gasteiger partial charge is 0.354 e. The minimum Gasteiger partial charge on any atom is -0.354 e. The standard InChI is InChI=1S/C18H22Cl2N4O/c1-2-3-4-8-22-18-23-11-14(12-24-18)17(25)21-9-7-13-5-6-15(19)10-16(13)20/h5-6,10-12H,2-4,7-9H2,1H3,(H,21,25)(H,22,23,24). The highest BCUT2D eigenvalue weighted by atomic mass is 35.5. The van der Waals surface area contributed by atoms with Crippen LogP contribution in [0.1, 0.15) is 42.1 Å². The van der Waals surface area contributed by atoms with E-state index in [2.05, 4.69) is 27.5 Å². The molecule has 25 heavy (non-hydrogen) atoms. The van der Waals surface area contributed by atoms with Gasteiger partial charge >= 0.3 is 0 Å². The van der Waals surface area contributed by atoms with Gasteiger partial charge < -0.3 is 10.6 Å². The van der Waals surface area contributed by atoms with Gasteiger partial charge in [-0.25, -0.2) is 9.97 Å². The summed E-state index contributed by atoms with van der Waals surface area (Å²) in [6.45, 7) is 3.46. The van der Waals surface area contributed by atoms with Crippen molar-refractivity contribution in [3.8, 4) is 0 Å². The molecule has 0 spiro atoms. The fraction of sp³-hybridized carbons (Fsp3) is 0.389. The number of hydrogen-bond acceptors (Lipinski definition) is 4. The SMILES string of the molecule is CCCCCNc1ncc(C(=O)NCCc2ccc(Cl)cc2Cl)cn1. The van der Waals surface area contributed by atoms with Crippen LogP contribution in [0.2, 0.25) is 10.0 Å². The lowest BCUT2D eigenvalue weighted by Crippen LogP contribution is -2.26. The fourth-order valence-corrected chi connectivity index (χ4v) is 2.75. The maximum atomic E-state index is 12.1. The smallest absolute Gasteiger partial charge is 0.254 e. The molecule has 0 aliphatic rings. The number of aromatic nitrogens is 2. The van der Waals surface area contributed by atoms with E-state index in [-0.39, 0.29) is 5.91 Å². The molecule has 0 saturated carbocycles. The van der Waals surface area contributed by atoms with E-state index in [4.69, 9.17) is 23.2 Å². The lowest BCUT2D eigenvalue weighted by Gasteiger charge is -2.08. The summed E-state index contributed by atoms with van der Waals surface area (Å²) in [6, 6.07) is 5.34. The molecule has 134 valence electrons. The van der Waals surface area contributed by atoms with Crippen molar-refractivity contribution in [1.29, 1.82) is 0 Å². The summed E-state index contributed by atoms with van der Waals surface area (Å²) in [5.41, 5.74) is 1.37. The fourth-order valence-electron chi connectivity index (χ4n) is 2.25. The monoisotopic (exact) mass is 380 g/mol. The van der Waals surface area contributed by atoms with Gasteiger partial charge in [0, 0.05) is 35.5 Å². The number of anilines is 1. The van der Waals surface area contributed by atoms with E-state index in [9.17, 15) is 4.79 Å². The predicted molar refractivity (Wildman–Crippen MR) is 103 cm³/mol. The van der Waals surface area contributed by atoms with E-state index in [1.165, 1.54) is 25.2 Å². The van der Waals surface area contributed by atoms with E-state index in [1.54, 1.807) is 12.1 Å². The van der Waals surface area contributed by atoms with Crippen LogP contribution in [0, 0.1) is 0 Å². The molecule has 1 amide bonds. The van der Waals surface area contributed by atoms with Crippen molar-refractivity contribution in [2.24, 2.45) is 0 Å². The van der Waals surface area contributed by atoms with Crippen LogP contribution in [-0.4, -0.2) is 29.0 Å². The summed E-state index contributed by atoms with van der Waals surface area (Å²) >= 11 is 12.0. The first-order chi connectivity index (χ1) is 12.1. The number of halogens is 2. The summed E-state index contributed by atoms with van der Waals surface area (Å²) in [7, 11) is 0. The van der Waals surface area contributed by atoms with Gasteiger partial charge in [0.1, 0.15) is 0 Å². The summed E-state index contributed by atoms with van der Waals surface area (Å²) in [5.74, 6) is 0.336. The number of nitrogens with zero attached hydrogens (tertiary/aromatic N) is 2. The predicted octanol–water partition coefficient (Wildman–Crippen LogP) is 4.36. The topological polar surface area (TPSA) is 66.9 Å². The molecule has 2 rings (SSSR count). The zero-order chi connectivity index (χ0) is 18.1. The zero-order valence-corrected chi connectivity index (χ0v) is 15.7. The Morgan fingerprint density at radius 2 is 1.88 bits per heavy atom. The van der Waals surface area contributed by atoms with Gasteiger partial charge in [-0.1, -0.05) is 49.0 Å². The molecular formula is C18H22Cl2N4O. The molecule has 1 heterocycles. The quantitative estimate of drug-likeness (QED) is 0.634. The van der Waals surface area contributed by atoms with Crippen molar-refractivity contribution in [3.63, 3.8) is 0 Å². The highest BCUT2D eigenvalue weighted by Gasteiger charge is 2.08. The summed E-state index contributed by atoms with van der Waals surface area (Å²) in [4.78, 5) is 20.5. The van der Waals surface area contributed by atoms with Crippen LogP contribution in [0.15, 0.2) is 30.6 Å². The van der Waals surface area contributed by atoms with Crippen molar-refractivity contribution < 1.29 is 4.79 Å². The first kappa shape index (κ1) is 19.5. The number of carbonyl (C=O) groups excluding carboxylic acids is 1.